The van der Waals surface area contributed by atoms with Crippen LogP contribution >= 0.6 is 0 Å². The van der Waals surface area contributed by atoms with Crippen LogP contribution in [-0.4, -0.2) is 72.3 Å². The van der Waals surface area contributed by atoms with Gasteiger partial charge in [-0.3, -0.25) is 4.57 Å². The molecule has 0 N–H and O–H groups in total. The van der Waals surface area contributed by atoms with Crippen molar-refractivity contribution in [1.29, 1.82) is 0 Å². The molecule has 242 valence electrons. The lowest BCUT2D eigenvalue weighted by molar-refractivity contribution is 1.00. The summed E-state index contributed by atoms with van der Waals surface area (Å²) in [5.41, 5.74) is 11.3. The Morgan fingerprint density at radius 2 is 0.768 bits per heavy atom. The van der Waals surface area contributed by atoms with E-state index in [0.29, 0.717) is 32.7 Å². The first-order valence-electron chi connectivity index (χ1n) is 18.1. The molecule has 0 aliphatic heterocycles. The van der Waals surface area contributed by atoms with Crippen molar-refractivity contribution in [2.75, 3.05) is 0 Å². The van der Waals surface area contributed by atoms with Crippen LogP contribution in [0.15, 0.2) is 127 Å². The van der Waals surface area contributed by atoms with Gasteiger partial charge in [-0.25, -0.2) is 4.98 Å². The van der Waals surface area contributed by atoms with Gasteiger partial charge < -0.3 is 0 Å². The quantitative estimate of drug-likeness (QED) is 0.201. The molecule has 0 spiro atoms. The second kappa shape index (κ2) is 13.8. The fourth-order valence-electron chi connectivity index (χ4n) is 8.14. The smallest absolute Gasteiger partial charge is 0.113 e. The summed E-state index contributed by atoms with van der Waals surface area (Å²) in [5.74, 6) is 0.854. The minimum Gasteiger partial charge on any atom is -0.297 e. The summed E-state index contributed by atoms with van der Waals surface area (Å²) in [6, 6.07) is 42.8. The van der Waals surface area contributed by atoms with Gasteiger partial charge in [0, 0.05) is 5.69 Å². The molecule has 0 fully saturated rings. The van der Waals surface area contributed by atoms with Crippen molar-refractivity contribution in [2.24, 2.45) is 0 Å². The SMILES string of the molecule is [B]c1c([B])c([B])c2c(-c3cc(-c4ccccc4)cc(-c4ccccc4)c3)c3c([B])c([B])c([B])c([B])c3c(-c3ccc(-n4c(C)nc5ccccc54)cc3)c2c1[B]. The molecular formula is C46H24B8N2. The van der Waals surface area contributed by atoms with E-state index in [-0.39, 0.29) is 43.7 Å². The highest BCUT2D eigenvalue weighted by atomic mass is 15.1. The number of aryl methyl sites for hydroxylation is 1. The third-order valence-electron chi connectivity index (χ3n) is 10.9. The zero-order valence-electron chi connectivity index (χ0n) is 30.6. The highest BCUT2D eigenvalue weighted by Crippen LogP contribution is 2.43. The van der Waals surface area contributed by atoms with Gasteiger partial charge in [0.15, 0.2) is 0 Å². The molecule has 56 heavy (non-hydrogen) atoms. The Bertz CT molecular complexity index is 2910. The molecule has 0 saturated carbocycles. The van der Waals surface area contributed by atoms with E-state index in [9.17, 15) is 0 Å². The predicted molar refractivity (Wildman–Crippen MR) is 246 cm³/mol. The minimum absolute atomic E-state index is 0.164. The van der Waals surface area contributed by atoms with Gasteiger partial charge in [-0.05, 0) is 115 Å². The van der Waals surface area contributed by atoms with Crippen LogP contribution in [0.25, 0.3) is 82.8 Å². The summed E-state index contributed by atoms with van der Waals surface area (Å²) in [6.45, 7) is 1.98. The maximum absolute atomic E-state index is 7.08. The van der Waals surface area contributed by atoms with Gasteiger partial charge >= 0.3 is 0 Å². The number of para-hydroxylation sites is 2. The van der Waals surface area contributed by atoms with Crippen LogP contribution in [0.3, 0.4) is 0 Å². The van der Waals surface area contributed by atoms with Crippen LogP contribution < -0.4 is 43.7 Å². The van der Waals surface area contributed by atoms with Crippen molar-refractivity contribution in [3.8, 4) is 50.2 Å². The Morgan fingerprint density at radius 1 is 0.375 bits per heavy atom. The Hall–Kier alpha value is -5.73. The van der Waals surface area contributed by atoms with E-state index < -0.39 is 0 Å². The van der Waals surface area contributed by atoms with Crippen molar-refractivity contribution in [3.05, 3.63) is 133 Å². The van der Waals surface area contributed by atoms with Gasteiger partial charge in [-0.15, -0.1) is 21.9 Å². The van der Waals surface area contributed by atoms with Crippen LogP contribution in [0.4, 0.5) is 0 Å². The fraction of sp³-hybridized carbons (Fsp3) is 0.0217. The number of hydrogen-bond acceptors (Lipinski definition) is 1. The van der Waals surface area contributed by atoms with E-state index in [2.05, 4.69) is 47.0 Å². The number of nitrogens with zero attached hydrogens (tertiary/aromatic N) is 2. The first kappa shape index (κ1) is 35.9. The molecule has 16 radical (unpaired) electrons. The van der Waals surface area contributed by atoms with E-state index in [0.717, 1.165) is 55.9 Å². The maximum Gasteiger partial charge on any atom is 0.113 e. The average molecular weight is 691 g/mol. The lowest BCUT2D eigenvalue weighted by atomic mass is 9.59. The Labute approximate surface area is 337 Å². The molecule has 0 aliphatic rings. The standard InChI is InChI=1S/C46H24B8N2/c1-23-55-31-14-8-9-15-32(31)56(23)30-18-16-26(17-19-30)33-35-37(41(49)45(53)43(51)39(35)47)34(38-36(33)40(48)44(52)46(54)42(38)50)29-21-27(24-10-4-2-5-11-24)20-28(22-29)25-12-6-3-7-13-25/h2-22H,1H3. The second-order valence-electron chi connectivity index (χ2n) is 14.1. The minimum atomic E-state index is 0.164. The van der Waals surface area contributed by atoms with Gasteiger partial charge in [-0.1, -0.05) is 107 Å². The molecule has 2 nitrogen and oxygen atoms in total. The summed E-state index contributed by atoms with van der Waals surface area (Å²) in [5, 5.41) is 2.26. The van der Waals surface area contributed by atoms with E-state index in [1.54, 1.807) is 0 Å². The van der Waals surface area contributed by atoms with Crippen molar-refractivity contribution < 1.29 is 0 Å². The summed E-state index contributed by atoms with van der Waals surface area (Å²) < 4.78 is 2.11. The summed E-state index contributed by atoms with van der Waals surface area (Å²) >= 11 is 0. The third-order valence-corrected chi connectivity index (χ3v) is 10.9. The molecule has 0 bridgehead atoms. The first-order valence-corrected chi connectivity index (χ1v) is 18.1. The molecule has 9 rings (SSSR count). The zero-order valence-corrected chi connectivity index (χ0v) is 30.6. The summed E-state index contributed by atoms with van der Waals surface area (Å²) in [7, 11) is 55.0. The summed E-state index contributed by atoms with van der Waals surface area (Å²) in [4.78, 5) is 4.77. The van der Waals surface area contributed by atoms with Crippen molar-refractivity contribution in [3.63, 3.8) is 0 Å². The Morgan fingerprint density at radius 3 is 1.23 bits per heavy atom. The lowest BCUT2D eigenvalue weighted by Crippen LogP contribution is -2.50. The third kappa shape index (κ3) is 5.56. The molecule has 8 aromatic carbocycles. The van der Waals surface area contributed by atoms with E-state index in [4.69, 9.17) is 67.8 Å². The van der Waals surface area contributed by atoms with Crippen LogP contribution in [0.1, 0.15) is 5.82 Å². The van der Waals surface area contributed by atoms with E-state index in [1.165, 1.54) is 0 Å². The largest absolute Gasteiger partial charge is 0.297 e. The van der Waals surface area contributed by atoms with Crippen molar-refractivity contribution >= 4 is 139 Å². The molecule has 0 aliphatic carbocycles. The zero-order chi connectivity index (χ0) is 39.0. The van der Waals surface area contributed by atoms with E-state index in [1.807, 2.05) is 91.9 Å². The van der Waals surface area contributed by atoms with Gasteiger partial charge in [0.25, 0.3) is 0 Å². The maximum atomic E-state index is 7.08. The number of fused-ring (bicyclic) bond motifs is 3. The Balaban J connectivity index is 1.44. The monoisotopic (exact) mass is 692 g/mol. The second-order valence-corrected chi connectivity index (χ2v) is 14.1. The number of hydrogen-bond donors (Lipinski definition) is 0. The molecule has 10 heteroatoms. The van der Waals surface area contributed by atoms with Gasteiger partial charge in [0.2, 0.25) is 0 Å². The topological polar surface area (TPSA) is 17.8 Å². The highest BCUT2D eigenvalue weighted by Gasteiger charge is 2.25. The normalized spacial score (nSPS) is 11.5. The van der Waals surface area contributed by atoms with Crippen molar-refractivity contribution in [2.45, 2.75) is 6.92 Å². The highest BCUT2D eigenvalue weighted by molar-refractivity contribution is 6.71. The molecule has 0 atom stereocenters. The number of aromatic nitrogens is 2. The van der Waals surface area contributed by atoms with Gasteiger partial charge in [0.1, 0.15) is 68.6 Å². The molecule has 0 amide bonds. The van der Waals surface area contributed by atoms with Crippen LogP contribution in [0.5, 0.6) is 0 Å². The predicted octanol–water partition coefficient (Wildman–Crippen LogP) is 2.66. The van der Waals surface area contributed by atoms with E-state index >= 15 is 0 Å². The molecule has 9 aromatic rings. The van der Waals surface area contributed by atoms with Gasteiger partial charge in [0.05, 0.1) is 11.0 Å². The first-order chi connectivity index (χ1) is 27.0. The van der Waals surface area contributed by atoms with Gasteiger partial charge in [-0.2, -0.15) is 0 Å². The Kier molecular flexibility index (Phi) is 8.84. The number of rotatable bonds is 5. The average Bonchev–Trinajstić information content (AvgIpc) is 3.58. The molecular weight excluding hydrogens is 667 g/mol. The van der Waals surface area contributed by atoms with Crippen molar-refractivity contribution in [1.82, 2.24) is 9.55 Å². The van der Waals surface area contributed by atoms with Crippen LogP contribution in [0, 0.1) is 6.92 Å². The fourth-order valence-corrected chi connectivity index (χ4v) is 8.14. The van der Waals surface area contributed by atoms with Crippen LogP contribution in [-0.2, 0) is 0 Å². The molecule has 0 unspecified atom stereocenters. The number of imidazole rings is 1. The molecule has 1 heterocycles. The molecule has 1 aromatic heterocycles. The molecule has 0 saturated heterocycles. The van der Waals surface area contributed by atoms with Crippen LogP contribution in [0.2, 0.25) is 0 Å². The number of benzene rings is 8. The lowest BCUT2D eigenvalue weighted by Gasteiger charge is -2.29. The summed E-state index contributed by atoms with van der Waals surface area (Å²) in [6.07, 6.45) is 0.